The predicted molar refractivity (Wildman–Crippen MR) is 67.0 cm³/mol. The zero-order valence-corrected chi connectivity index (χ0v) is 11.0. The maximum atomic E-state index is 13.2. The fourth-order valence-electron chi connectivity index (χ4n) is 1.97. The number of ether oxygens (including phenoxy) is 2. The van der Waals surface area contributed by atoms with Gasteiger partial charge in [0.05, 0.1) is 24.0 Å². The second-order valence-electron chi connectivity index (χ2n) is 3.95. The number of thiocarbonyl (C=S) groups is 1. The average Bonchev–Trinajstić information content (AvgIpc) is 2.77. The van der Waals surface area contributed by atoms with Crippen molar-refractivity contribution >= 4 is 27.1 Å². The molecular weight excluding hydrogens is 281 g/mol. The first-order valence-corrected chi connectivity index (χ1v) is 7.15. The molecule has 1 aliphatic carbocycles. The van der Waals surface area contributed by atoms with E-state index in [-0.39, 0.29) is 23.0 Å². The van der Waals surface area contributed by atoms with E-state index >= 15 is 0 Å². The van der Waals surface area contributed by atoms with Crippen molar-refractivity contribution in [2.45, 2.75) is 5.79 Å². The van der Waals surface area contributed by atoms with E-state index in [1.165, 1.54) is 12.2 Å². The largest absolute Gasteiger partial charge is 0.344 e. The van der Waals surface area contributed by atoms with Gasteiger partial charge in [0.2, 0.25) is 15.8 Å². The molecule has 1 aliphatic heterocycles. The van der Waals surface area contributed by atoms with Crippen LogP contribution in [0.3, 0.4) is 0 Å². The molecule has 0 radical (unpaired) electrons. The van der Waals surface area contributed by atoms with E-state index in [2.05, 4.69) is 0 Å². The maximum Gasteiger partial charge on any atom is 0.239 e. The molecule has 18 heavy (non-hydrogen) atoms. The molecule has 0 aromatic rings. The number of hydrogen-bond donors (Lipinski definition) is 1. The van der Waals surface area contributed by atoms with Crippen molar-refractivity contribution in [2.24, 2.45) is 11.1 Å². The van der Waals surface area contributed by atoms with E-state index in [0.29, 0.717) is 0 Å². The molecular formula is C10H12FNO4S2. The third-order valence-electron chi connectivity index (χ3n) is 2.82. The summed E-state index contributed by atoms with van der Waals surface area (Å²) in [6.07, 6.45) is 4.31. The molecule has 0 aromatic heterocycles. The lowest BCUT2D eigenvalue weighted by Crippen LogP contribution is -2.46. The summed E-state index contributed by atoms with van der Waals surface area (Å²) in [6.45, 7) is -0.434. The first-order chi connectivity index (χ1) is 8.41. The molecule has 5 nitrogen and oxygen atoms in total. The first kappa shape index (κ1) is 13.8. The minimum Gasteiger partial charge on any atom is -0.344 e. The van der Waals surface area contributed by atoms with Gasteiger partial charge in [-0.1, -0.05) is 24.4 Å². The average molecular weight is 293 g/mol. The van der Waals surface area contributed by atoms with Gasteiger partial charge in [0.15, 0.2) is 0 Å². The molecule has 100 valence electrons. The smallest absolute Gasteiger partial charge is 0.239 e. The lowest BCUT2D eigenvalue weighted by Gasteiger charge is -2.33. The van der Waals surface area contributed by atoms with Crippen LogP contribution in [0.1, 0.15) is 0 Å². The Balaban J connectivity index is 2.36. The summed E-state index contributed by atoms with van der Waals surface area (Å²) >= 11 is 5.07. The van der Waals surface area contributed by atoms with Crippen LogP contribution in [0.25, 0.3) is 0 Å². The van der Waals surface area contributed by atoms with E-state index in [1.807, 2.05) is 0 Å². The van der Waals surface area contributed by atoms with Crippen molar-refractivity contribution in [3.63, 3.8) is 0 Å². The van der Waals surface area contributed by atoms with Gasteiger partial charge in [0.1, 0.15) is 6.67 Å². The van der Waals surface area contributed by atoms with Crippen molar-refractivity contribution in [3.8, 4) is 0 Å². The van der Waals surface area contributed by atoms with E-state index < -0.39 is 28.4 Å². The van der Waals surface area contributed by atoms with E-state index in [9.17, 15) is 12.8 Å². The van der Waals surface area contributed by atoms with Crippen molar-refractivity contribution in [1.29, 1.82) is 0 Å². The molecule has 1 heterocycles. The second kappa shape index (κ2) is 4.78. The van der Waals surface area contributed by atoms with Crippen LogP contribution in [-0.2, 0) is 19.5 Å². The van der Waals surface area contributed by atoms with Gasteiger partial charge in [0, 0.05) is 4.86 Å². The summed E-state index contributed by atoms with van der Waals surface area (Å²) in [5.74, 6) is -2.31. The van der Waals surface area contributed by atoms with Gasteiger partial charge < -0.3 is 9.47 Å². The SMILES string of the molecule is NS(=O)(=O)C1=CC=CC(C2(CF)OCCO2)C1=S. The Hall–Kier alpha value is -0.670. The molecule has 2 N–H and O–H groups in total. The van der Waals surface area contributed by atoms with Gasteiger partial charge in [-0.25, -0.2) is 17.9 Å². The number of allylic oxidation sites excluding steroid dienone is 3. The number of alkyl halides is 1. The molecule has 2 aliphatic rings. The van der Waals surface area contributed by atoms with Gasteiger partial charge in [-0.3, -0.25) is 0 Å². The standard InChI is InChI=1S/C10H12FNO4S2/c11-6-10(15-4-5-16-10)7-2-1-3-8(9(7)17)18(12,13)14/h1-3,7H,4-6H2,(H2,12,13,14). The number of sulfonamides is 1. The fraction of sp³-hybridized carbons (Fsp3) is 0.500. The van der Waals surface area contributed by atoms with E-state index in [0.717, 1.165) is 0 Å². The maximum absolute atomic E-state index is 13.2. The predicted octanol–water partition coefficient (Wildman–Crippen LogP) is 0.427. The molecule has 0 aromatic carbocycles. The van der Waals surface area contributed by atoms with Crippen molar-refractivity contribution in [2.75, 3.05) is 19.9 Å². The number of halogens is 1. The summed E-state index contributed by atoms with van der Waals surface area (Å²) in [7, 11) is -3.94. The Morgan fingerprint density at radius 2 is 2.11 bits per heavy atom. The Kier molecular flexibility index (Phi) is 3.65. The molecule has 2 rings (SSSR count). The van der Waals surface area contributed by atoms with E-state index in [1.54, 1.807) is 6.08 Å². The quantitative estimate of drug-likeness (QED) is 0.763. The van der Waals surface area contributed by atoms with Crippen molar-refractivity contribution < 1.29 is 22.3 Å². The molecule has 1 saturated heterocycles. The molecule has 1 fully saturated rings. The highest BCUT2D eigenvalue weighted by Crippen LogP contribution is 2.35. The minimum absolute atomic E-state index is 0.0135. The zero-order chi connectivity index (χ0) is 13.4. The summed E-state index contributed by atoms with van der Waals surface area (Å²) in [5, 5.41) is 5.05. The molecule has 0 amide bonds. The van der Waals surface area contributed by atoms with Crippen molar-refractivity contribution in [1.82, 2.24) is 0 Å². The highest BCUT2D eigenvalue weighted by Gasteiger charge is 2.47. The van der Waals surface area contributed by atoms with Crippen LogP contribution < -0.4 is 5.14 Å². The summed E-state index contributed by atoms with van der Waals surface area (Å²) in [4.78, 5) is -0.184. The van der Waals surface area contributed by atoms with E-state index in [4.69, 9.17) is 26.8 Å². The molecule has 0 bridgehead atoms. The van der Waals surface area contributed by atoms with Crippen LogP contribution in [0.5, 0.6) is 0 Å². The highest BCUT2D eigenvalue weighted by molar-refractivity contribution is 7.96. The highest BCUT2D eigenvalue weighted by atomic mass is 32.2. The normalized spacial score (nSPS) is 27.3. The Labute approximate surface area is 109 Å². The monoisotopic (exact) mass is 293 g/mol. The number of hydrogen-bond acceptors (Lipinski definition) is 5. The van der Waals surface area contributed by atoms with Gasteiger partial charge in [-0.05, 0) is 6.08 Å². The Morgan fingerprint density at radius 3 is 2.61 bits per heavy atom. The first-order valence-electron chi connectivity index (χ1n) is 5.20. The van der Waals surface area contributed by atoms with Crippen molar-refractivity contribution in [3.05, 3.63) is 23.1 Å². The topological polar surface area (TPSA) is 78.6 Å². The van der Waals surface area contributed by atoms with Gasteiger partial charge >= 0.3 is 0 Å². The summed E-state index contributed by atoms with van der Waals surface area (Å²) in [5.41, 5.74) is 0. The van der Waals surface area contributed by atoms with Crippen LogP contribution in [0, 0.1) is 5.92 Å². The number of rotatable bonds is 3. The van der Waals surface area contributed by atoms with Crippen LogP contribution in [0.15, 0.2) is 23.1 Å². The number of primary sulfonamides is 1. The summed E-state index contributed by atoms with van der Waals surface area (Å²) < 4.78 is 46.4. The Morgan fingerprint density at radius 1 is 1.50 bits per heavy atom. The molecule has 1 atom stereocenters. The summed E-state index contributed by atoms with van der Waals surface area (Å²) in [6, 6.07) is 0. The molecule has 8 heteroatoms. The zero-order valence-electron chi connectivity index (χ0n) is 9.34. The third-order valence-corrected chi connectivity index (χ3v) is 4.39. The van der Waals surface area contributed by atoms with Gasteiger partial charge in [-0.2, -0.15) is 0 Å². The lowest BCUT2D eigenvalue weighted by molar-refractivity contribution is -0.180. The van der Waals surface area contributed by atoms with Crippen LogP contribution >= 0.6 is 12.2 Å². The Bertz CT molecular complexity index is 520. The third kappa shape index (κ3) is 2.26. The fourth-order valence-corrected chi connectivity index (χ4v) is 3.32. The molecule has 1 unspecified atom stereocenters. The lowest BCUT2D eigenvalue weighted by atomic mass is 9.91. The molecule has 0 spiro atoms. The second-order valence-corrected chi connectivity index (χ2v) is 5.91. The van der Waals surface area contributed by atoms with Crippen LogP contribution in [0.2, 0.25) is 0 Å². The van der Waals surface area contributed by atoms with Crippen LogP contribution in [-0.4, -0.2) is 39.0 Å². The van der Waals surface area contributed by atoms with Gasteiger partial charge in [0.25, 0.3) is 0 Å². The minimum atomic E-state index is -3.94. The molecule has 0 saturated carbocycles. The van der Waals surface area contributed by atoms with Gasteiger partial charge in [-0.15, -0.1) is 0 Å². The van der Waals surface area contributed by atoms with Crippen LogP contribution in [0.4, 0.5) is 4.39 Å². The number of nitrogens with two attached hydrogens (primary N) is 1.